The summed E-state index contributed by atoms with van der Waals surface area (Å²) in [6, 6.07) is 18.2. The largest absolute Gasteiger partial charge is 0.507 e. The normalized spacial score (nSPS) is 22.3. The number of thiazole rings is 1. The number of aliphatic hydroxyl groups is 1. The van der Waals surface area contributed by atoms with E-state index in [2.05, 4.69) is 57.3 Å². The molecule has 4 saturated heterocycles. The number of morpholine rings is 1. The summed E-state index contributed by atoms with van der Waals surface area (Å²) >= 11 is 1.60. The SMILES string of the molecule is Cc1ncsc1-c1ccc([C@H](C)NC(=O)[C@@H]2C[C@@H](O)CN2C(=O)[C@@H](c2cc(N3CCC(CN4CCC5(CC4)CC(N4CCO[C@@H](C#CC(C)n6cc(-c7cc(-c8ccccc8O)nnc7N)cn6)C4)C5)CC3)no2)C(C)C)cc1. The first-order valence-electron chi connectivity index (χ1n) is 28.2. The van der Waals surface area contributed by atoms with Crippen LogP contribution < -0.4 is 16.0 Å². The number of likely N-dealkylation sites (tertiary alicyclic amines) is 2. The van der Waals surface area contributed by atoms with Crippen LogP contribution in [-0.4, -0.2) is 150 Å². The number of rotatable bonds is 14. The van der Waals surface area contributed by atoms with Crippen LogP contribution in [0, 0.1) is 36.0 Å². The number of nitrogens with one attached hydrogen (secondary N) is 1. The van der Waals surface area contributed by atoms with Gasteiger partial charge >= 0.3 is 0 Å². The number of para-hydroxylation sites is 1. The maximum Gasteiger partial charge on any atom is 0.243 e. The maximum atomic E-state index is 14.4. The van der Waals surface area contributed by atoms with Gasteiger partial charge in [-0.05, 0) is 119 Å². The van der Waals surface area contributed by atoms with Crippen molar-refractivity contribution >= 4 is 34.8 Å². The highest BCUT2D eigenvalue weighted by molar-refractivity contribution is 7.13. The predicted octanol–water partition coefficient (Wildman–Crippen LogP) is 7.72. The van der Waals surface area contributed by atoms with Crippen molar-refractivity contribution in [3.05, 3.63) is 95.6 Å². The van der Waals surface area contributed by atoms with Crippen LogP contribution in [0.4, 0.5) is 11.6 Å². The Hall–Kier alpha value is -6.69. The lowest BCUT2D eigenvalue weighted by Crippen LogP contribution is -2.58. The molecule has 6 atom stereocenters. The van der Waals surface area contributed by atoms with Crippen molar-refractivity contribution in [3.63, 3.8) is 0 Å². The smallest absolute Gasteiger partial charge is 0.243 e. The summed E-state index contributed by atoms with van der Waals surface area (Å²) in [5.41, 5.74) is 14.1. The second-order valence-corrected chi connectivity index (χ2v) is 24.0. The number of carbonyl (C=O) groups is 2. The van der Waals surface area contributed by atoms with Crippen molar-refractivity contribution in [3.8, 4) is 50.4 Å². The molecule has 11 rings (SSSR count). The minimum Gasteiger partial charge on any atom is -0.507 e. The van der Waals surface area contributed by atoms with E-state index in [9.17, 15) is 19.8 Å². The molecule has 8 heterocycles. The molecule has 5 aliphatic rings. The Morgan fingerprint density at radius 1 is 0.949 bits per heavy atom. The topological polar surface area (TPSA) is 217 Å². The molecule has 1 saturated carbocycles. The molecule has 2 amide bonds. The molecule has 4 aromatic heterocycles. The van der Waals surface area contributed by atoms with Crippen molar-refractivity contribution in [1.82, 2.24) is 50.1 Å². The minimum atomic E-state index is -0.800. The van der Waals surface area contributed by atoms with Crippen LogP contribution in [0.1, 0.15) is 108 Å². The van der Waals surface area contributed by atoms with E-state index in [1.54, 1.807) is 40.6 Å². The van der Waals surface area contributed by atoms with Crippen LogP contribution in [0.2, 0.25) is 0 Å². The van der Waals surface area contributed by atoms with Crippen molar-refractivity contribution in [1.29, 1.82) is 0 Å². The Labute approximate surface area is 466 Å². The number of aromatic nitrogens is 6. The lowest BCUT2D eigenvalue weighted by molar-refractivity contribution is -0.141. The third-order valence-corrected chi connectivity index (χ3v) is 18.5. The lowest BCUT2D eigenvalue weighted by Gasteiger charge is -2.56. The number of hydrogen-bond acceptors (Lipinski definition) is 16. The molecule has 1 aliphatic carbocycles. The van der Waals surface area contributed by atoms with E-state index >= 15 is 0 Å². The summed E-state index contributed by atoms with van der Waals surface area (Å²) in [5, 5.41) is 41.8. The number of nitrogen functional groups attached to an aromatic ring is 1. The molecule has 0 bridgehead atoms. The van der Waals surface area contributed by atoms with Crippen LogP contribution in [-0.2, 0) is 14.3 Å². The molecule has 79 heavy (non-hydrogen) atoms. The average molecular weight is 1090 g/mol. The number of benzene rings is 2. The number of nitrogens with zero attached hydrogens (tertiary/aromatic N) is 10. The van der Waals surface area contributed by atoms with Crippen LogP contribution in [0.3, 0.4) is 0 Å². The molecule has 18 nitrogen and oxygen atoms in total. The first kappa shape index (κ1) is 54.3. The Kier molecular flexibility index (Phi) is 15.9. The highest BCUT2D eigenvalue weighted by atomic mass is 32.1. The zero-order chi connectivity index (χ0) is 55.0. The van der Waals surface area contributed by atoms with Crippen LogP contribution in [0.5, 0.6) is 5.75 Å². The second-order valence-electron chi connectivity index (χ2n) is 23.2. The van der Waals surface area contributed by atoms with Gasteiger partial charge in [-0.25, -0.2) is 4.98 Å². The summed E-state index contributed by atoms with van der Waals surface area (Å²) in [6.45, 7) is 17.6. The van der Waals surface area contributed by atoms with E-state index in [0.29, 0.717) is 46.6 Å². The third kappa shape index (κ3) is 11.8. The summed E-state index contributed by atoms with van der Waals surface area (Å²) in [5.74, 6) is 7.79. The number of nitrogens with two attached hydrogens (primary N) is 1. The molecular weight excluding hydrogens is 1020 g/mol. The van der Waals surface area contributed by atoms with Gasteiger partial charge in [0.15, 0.2) is 17.4 Å². The van der Waals surface area contributed by atoms with Gasteiger partial charge in [-0.3, -0.25) is 19.2 Å². The highest BCUT2D eigenvalue weighted by Crippen LogP contribution is 2.51. The number of aromatic hydroxyl groups is 1. The van der Waals surface area contributed by atoms with Crippen molar-refractivity contribution in [2.45, 2.75) is 122 Å². The number of hydrogen-bond donors (Lipinski definition) is 4. The van der Waals surface area contributed by atoms with E-state index in [1.807, 2.05) is 93.5 Å². The third-order valence-electron chi connectivity index (χ3n) is 17.5. The number of aliphatic hydroxyl groups excluding tert-OH is 1. The number of aryl methyl sites for hydroxylation is 1. The van der Waals surface area contributed by atoms with E-state index in [-0.39, 0.29) is 60.5 Å². The monoisotopic (exact) mass is 1090 g/mol. The molecule has 19 heteroatoms. The van der Waals surface area contributed by atoms with Gasteiger partial charge in [0.1, 0.15) is 29.9 Å². The Morgan fingerprint density at radius 3 is 2.46 bits per heavy atom. The standard InChI is InChI=1S/C60H74N12O6S/c1-37(2)55(59(76)71-34-46(73)26-51(71)58(75)64-39(4)42-11-13-43(14-12-42)56-40(5)62-36-79-56)53-28-54(67-78-53)69-20-16-41(17-21-69)32-68-22-18-60(19-23-68)29-45(30-60)70-24-25-77-47(35-70)15-10-38(3)72-33-44(31-63-72)49-27-50(65-66-57(49)61)48-8-6-7-9-52(48)74/h6-9,11-14,27-28,31,33,36-39,41,45-47,51,55,73-74H,16-26,29-30,32,34-35H2,1-5H3,(H2,61,66)(H,64,75)/t38?,39-,46+,47-,51-,55+/m0/s1. The highest BCUT2D eigenvalue weighted by Gasteiger charge is 2.49. The van der Waals surface area contributed by atoms with Crippen LogP contribution in [0.25, 0.3) is 32.8 Å². The molecule has 5 fully saturated rings. The fourth-order valence-corrected chi connectivity index (χ4v) is 13.5. The molecular formula is C60H74N12O6S. The maximum absolute atomic E-state index is 14.4. The predicted molar refractivity (Wildman–Crippen MR) is 304 cm³/mol. The minimum absolute atomic E-state index is 0.0877. The van der Waals surface area contributed by atoms with Crippen molar-refractivity contribution < 1.29 is 29.1 Å². The number of phenols is 1. The number of phenolic OH excluding ortho intramolecular Hbond substituents is 1. The summed E-state index contributed by atoms with van der Waals surface area (Å²) in [6.07, 6.45) is 10.0. The number of amides is 2. The fourth-order valence-electron chi connectivity index (χ4n) is 12.7. The lowest BCUT2D eigenvalue weighted by atomic mass is 9.60. The Bertz CT molecular complexity index is 3160. The average Bonchev–Trinajstić information content (AvgIpc) is 4.36. The van der Waals surface area contributed by atoms with Gasteiger partial charge < -0.3 is 45.2 Å². The first-order valence-corrected chi connectivity index (χ1v) is 29.1. The Balaban J connectivity index is 0.615. The van der Waals surface area contributed by atoms with Gasteiger partial charge in [0.25, 0.3) is 0 Å². The fraction of sp³-hybridized carbons (Fsp3) is 0.517. The molecule has 416 valence electrons. The molecule has 1 spiro atoms. The zero-order valence-corrected chi connectivity index (χ0v) is 46.8. The van der Waals surface area contributed by atoms with Crippen LogP contribution in [0.15, 0.2) is 83.1 Å². The molecule has 1 unspecified atom stereocenters. The Morgan fingerprint density at radius 2 is 1.72 bits per heavy atom. The van der Waals surface area contributed by atoms with E-state index in [1.165, 1.54) is 25.7 Å². The first-order chi connectivity index (χ1) is 38.2. The molecule has 5 N–H and O–H groups in total. The van der Waals surface area contributed by atoms with Crippen molar-refractivity contribution in [2.24, 2.45) is 17.3 Å². The zero-order valence-electron chi connectivity index (χ0n) is 46.0. The molecule has 0 radical (unpaired) electrons. The number of anilines is 2. The van der Waals surface area contributed by atoms with Gasteiger partial charge in [-0.15, -0.1) is 21.5 Å². The van der Waals surface area contributed by atoms with Gasteiger partial charge in [0.2, 0.25) is 11.8 Å². The molecule has 6 aromatic rings. The number of piperidine rings is 2. The summed E-state index contributed by atoms with van der Waals surface area (Å²) in [7, 11) is 0. The molecule has 2 aromatic carbocycles. The number of β-amino-alcohol motifs (C(OH)–C–C–N with tert-alkyl or cyclic N) is 1. The summed E-state index contributed by atoms with van der Waals surface area (Å²) in [4.78, 5) is 42.9. The number of carbonyl (C=O) groups excluding carboxylic acids is 2. The van der Waals surface area contributed by atoms with Gasteiger partial charge in [0.05, 0.1) is 46.7 Å². The van der Waals surface area contributed by atoms with Gasteiger partial charge in [-0.1, -0.05) is 67.2 Å². The van der Waals surface area contributed by atoms with Gasteiger partial charge in [0, 0.05) is 80.7 Å². The van der Waals surface area contributed by atoms with E-state index in [0.717, 1.165) is 91.7 Å². The van der Waals surface area contributed by atoms with E-state index in [4.69, 9.17) is 15.0 Å². The van der Waals surface area contributed by atoms with E-state index < -0.39 is 18.1 Å². The van der Waals surface area contributed by atoms with Gasteiger partial charge in [-0.2, -0.15) is 5.10 Å². The number of ether oxygens (including phenoxy) is 1. The summed E-state index contributed by atoms with van der Waals surface area (Å²) < 4.78 is 14.0. The van der Waals surface area contributed by atoms with Crippen molar-refractivity contribution in [2.75, 3.05) is 69.6 Å². The quantitative estimate of drug-likeness (QED) is 0.0768. The van der Waals surface area contributed by atoms with Crippen LogP contribution >= 0.6 is 11.3 Å². The second kappa shape index (κ2) is 23.2. The molecule has 4 aliphatic heterocycles.